The number of rotatable bonds is 3. The maximum atomic E-state index is 12.2. The summed E-state index contributed by atoms with van der Waals surface area (Å²) in [7, 11) is 1.69. The fraction of sp³-hybridized carbons (Fsp3) is 0.562. The molecule has 0 radical (unpaired) electrons. The van der Waals surface area contributed by atoms with Gasteiger partial charge in [-0.3, -0.25) is 4.79 Å². The van der Waals surface area contributed by atoms with Crippen LogP contribution in [0.4, 0.5) is 9.59 Å². The summed E-state index contributed by atoms with van der Waals surface area (Å²) < 4.78 is 8.19. The van der Waals surface area contributed by atoms with Crippen molar-refractivity contribution in [3.63, 3.8) is 0 Å². The summed E-state index contributed by atoms with van der Waals surface area (Å²) in [6.07, 6.45) is 4.85. The van der Waals surface area contributed by atoms with Crippen molar-refractivity contribution in [1.82, 2.24) is 14.4 Å². The van der Waals surface area contributed by atoms with E-state index in [1.165, 1.54) is 10.6 Å². The monoisotopic (exact) mass is 412 g/mol. The van der Waals surface area contributed by atoms with Crippen molar-refractivity contribution in [3.8, 4) is 5.75 Å². The van der Waals surface area contributed by atoms with Crippen LogP contribution >= 0.6 is 15.9 Å². The highest BCUT2D eigenvalue weighted by Gasteiger charge is 2.38. The van der Waals surface area contributed by atoms with E-state index in [1.807, 2.05) is 0 Å². The number of urea groups is 2. The minimum Gasteiger partial charge on any atom is -0.489 e. The van der Waals surface area contributed by atoms with Gasteiger partial charge in [-0.15, -0.1) is 0 Å². The van der Waals surface area contributed by atoms with Crippen molar-refractivity contribution >= 4 is 28.0 Å². The zero-order valence-electron chi connectivity index (χ0n) is 14.0. The predicted octanol–water partition coefficient (Wildman–Crippen LogP) is 1.65. The van der Waals surface area contributed by atoms with Gasteiger partial charge in [0.2, 0.25) is 0 Å². The molecule has 8 nitrogen and oxygen atoms in total. The van der Waals surface area contributed by atoms with Crippen LogP contribution in [0, 0.1) is 0 Å². The van der Waals surface area contributed by atoms with Crippen LogP contribution in [-0.4, -0.2) is 51.7 Å². The van der Waals surface area contributed by atoms with Gasteiger partial charge in [0.25, 0.3) is 5.56 Å². The first kappa shape index (κ1) is 17.8. The van der Waals surface area contributed by atoms with Crippen LogP contribution in [0.2, 0.25) is 0 Å². The summed E-state index contributed by atoms with van der Waals surface area (Å²) in [4.78, 5) is 38.0. The third-order valence-electron chi connectivity index (χ3n) is 4.83. The largest absolute Gasteiger partial charge is 0.489 e. The second kappa shape index (κ2) is 7.07. The lowest BCUT2D eigenvalue weighted by molar-refractivity contribution is 0.106. The Balaban J connectivity index is 1.58. The lowest BCUT2D eigenvalue weighted by Gasteiger charge is -2.34. The molecule has 25 heavy (non-hydrogen) atoms. The molecule has 2 heterocycles. The highest BCUT2D eigenvalue weighted by atomic mass is 79.9. The molecule has 1 saturated heterocycles. The second-order valence-electron chi connectivity index (χ2n) is 6.45. The Kier molecular flexibility index (Phi) is 5.03. The van der Waals surface area contributed by atoms with Crippen LogP contribution in [0.5, 0.6) is 5.75 Å². The number of aromatic nitrogens is 1. The standard InChI is InChI=1S/C16H21BrN4O4/c1-19-9-12(17)13(8-14(19)22)25-11-4-2-10(3-5-11)20-6-7-21(15(18)23)16(20)24/h8-11H,2-7H2,1H3,(H2,18,23). The van der Waals surface area contributed by atoms with E-state index >= 15 is 0 Å². The molecule has 0 spiro atoms. The molecule has 3 rings (SSSR count). The van der Waals surface area contributed by atoms with Crippen molar-refractivity contribution < 1.29 is 14.3 Å². The van der Waals surface area contributed by atoms with E-state index in [0.29, 0.717) is 18.8 Å². The minimum absolute atomic E-state index is 0.00426. The number of amides is 4. The van der Waals surface area contributed by atoms with Gasteiger partial charge in [0.05, 0.1) is 10.6 Å². The molecule has 1 aliphatic carbocycles. The Morgan fingerprint density at radius 2 is 1.92 bits per heavy atom. The van der Waals surface area contributed by atoms with E-state index in [0.717, 1.165) is 35.1 Å². The number of halogens is 1. The zero-order valence-corrected chi connectivity index (χ0v) is 15.6. The molecule has 4 amide bonds. The van der Waals surface area contributed by atoms with Gasteiger partial charge < -0.3 is 19.9 Å². The lowest BCUT2D eigenvalue weighted by atomic mass is 9.92. The highest BCUT2D eigenvalue weighted by Crippen LogP contribution is 2.31. The summed E-state index contributed by atoms with van der Waals surface area (Å²) in [5, 5.41) is 0. The van der Waals surface area contributed by atoms with Crippen molar-refractivity contribution in [2.24, 2.45) is 12.8 Å². The third kappa shape index (κ3) is 3.65. The minimum atomic E-state index is -0.694. The van der Waals surface area contributed by atoms with E-state index in [9.17, 15) is 14.4 Å². The molecule has 0 aromatic carbocycles. The quantitative estimate of drug-likeness (QED) is 0.815. The van der Waals surface area contributed by atoms with Crippen LogP contribution in [0.1, 0.15) is 25.7 Å². The van der Waals surface area contributed by atoms with Crippen LogP contribution in [-0.2, 0) is 7.05 Å². The smallest absolute Gasteiger partial charge is 0.328 e. The number of nitrogens with zero attached hydrogens (tertiary/aromatic N) is 3. The van der Waals surface area contributed by atoms with Crippen molar-refractivity contribution in [2.75, 3.05) is 13.1 Å². The van der Waals surface area contributed by atoms with E-state index in [-0.39, 0.29) is 23.7 Å². The van der Waals surface area contributed by atoms with Gasteiger partial charge in [-0.2, -0.15) is 0 Å². The Morgan fingerprint density at radius 1 is 1.24 bits per heavy atom. The molecular formula is C16H21BrN4O4. The maximum Gasteiger partial charge on any atom is 0.328 e. The highest BCUT2D eigenvalue weighted by molar-refractivity contribution is 9.10. The van der Waals surface area contributed by atoms with Gasteiger partial charge in [-0.05, 0) is 41.6 Å². The summed E-state index contributed by atoms with van der Waals surface area (Å²) in [5.74, 6) is 0.545. The number of hydrogen-bond acceptors (Lipinski definition) is 4. The lowest BCUT2D eigenvalue weighted by Crippen LogP contribution is -2.45. The number of ether oxygens (including phenoxy) is 1. The van der Waals surface area contributed by atoms with Crippen LogP contribution in [0.25, 0.3) is 0 Å². The van der Waals surface area contributed by atoms with E-state index < -0.39 is 6.03 Å². The number of imide groups is 1. The first-order chi connectivity index (χ1) is 11.9. The number of nitrogens with two attached hydrogens (primary N) is 1. The molecule has 2 aliphatic rings. The van der Waals surface area contributed by atoms with Crippen LogP contribution in [0.15, 0.2) is 21.5 Å². The van der Waals surface area contributed by atoms with Crippen LogP contribution < -0.4 is 16.0 Å². The number of pyridine rings is 1. The maximum absolute atomic E-state index is 12.2. The Hall–Kier alpha value is -2.03. The van der Waals surface area contributed by atoms with Gasteiger partial charge in [0.1, 0.15) is 5.75 Å². The van der Waals surface area contributed by atoms with Gasteiger partial charge >= 0.3 is 12.1 Å². The number of aryl methyl sites for hydroxylation is 1. The zero-order chi connectivity index (χ0) is 18.1. The topological polar surface area (TPSA) is 97.9 Å². The molecular weight excluding hydrogens is 392 g/mol. The Bertz CT molecular complexity index is 742. The molecule has 1 saturated carbocycles. The summed E-state index contributed by atoms with van der Waals surface area (Å²) >= 11 is 3.41. The molecule has 0 bridgehead atoms. The number of carbonyl (C=O) groups excluding carboxylic acids is 2. The average Bonchev–Trinajstić information content (AvgIpc) is 2.95. The van der Waals surface area contributed by atoms with Gasteiger partial charge in [0, 0.05) is 38.4 Å². The molecule has 2 fully saturated rings. The molecule has 9 heteroatoms. The van der Waals surface area contributed by atoms with Crippen molar-refractivity contribution in [2.45, 2.75) is 37.8 Å². The van der Waals surface area contributed by atoms with Crippen molar-refractivity contribution in [1.29, 1.82) is 0 Å². The number of carbonyl (C=O) groups is 2. The normalized spacial score (nSPS) is 23.8. The van der Waals surface area contributed by atoms with Crippen molar-refractivity contribution in [3.05, 3.63) is 27.1 Å². The van der Waals surface area contributed by atoms with Gasteiger partial charge in [-0.25, -0.2) is 14.5 Å². The molecule has 1 aliphatic heterocycles. The van der Waals surface area contributed by atoms with E-state index in [1.54, 1.807) is 18.1 Å². The average molecular weight is 413 g/mol. The summed E-state index contributed by atoms with van der Waals surface area (Å²) in [6.45, 7) is 0.878. The number of primary amides is 1. The Morgan fingerprint density at radius 3 is 2.52 bits per heavy atom. The fourth-order valence-corrected chi connectivity index (χ4v) is 3.94. The summed E-state index contributed by atoms with van der Waals surface area (Å²) in [5.41, 5.74) is 5.09. The van der Waals surface area contributed by atoms with E-state index in [2.05, 4.69) is 15.9 Å². The SMILES string of the molecule is Cn1cc(Br)c(OC2CCC(N3CCN(C(N)=O)C3=O)CC2)cc1=O. The molecule has 0 atom stereocenters. The van der Waals surface area contributed by atoms with Crippen LogP contribution in [0.3, 0.4) is 0 Å². The molecule has 1 aromatic heterocycles. The first-order valence-corrected chi connectivity index (χ1v) is 9.06. The molecule has 2 N–H and O–H groups in total. The third-order valence-corrected chi connectivity index (χ3v) is 5.43. The second-order valence-corrected chi connectivity index (χ2v) is 7.30. The Labute approximate surface area is 153 Å². The predicted molar refractivity (Wildman–Crippen MR) is 94.4 cm³/mol. The molecule has 0 unspecified atom stereocenters. The van der Waals surface area contributed by atoms with Gasteiger partial charge in [0.15, 0.2) is 0 Å². The number of hydrogen-bond donors (Lipinski definition) is 1. The fourth-order valence-electron chi connectivity index (χ4n) is 3.42. The first-order valence-electron chi connectivity index (χ1n) is 8.27. The molecule has 136 valence electrons. The van der Waals surface area contributed by atoms with Gasteiger partial charge in [-0.1, -0.05) is 0 Å². The van der Waals surface area contributed by atoms with E-state index in [4.69, 9.17) is 10.5 Å². The summed E-state index contributed by atoms with van der Waals surface area (Å²) in [6, 6.07) is 0.584. The molecule has 1 aromatic rings.